The third-order valence-corrected chi connectivity index (χ3v) is 4.37. The lowest BCUT2D eigenvalue weighted by molar-refractivity contribution is 0.0692. The average Bonchev–Trinajstić information content (AvgIpc) is 2.78. The molecule has 7 nitrogen and oxygen atoms in total. The second kappa shape index (κ2) is 5.42. The fourth-order valence-corrected chi connectivity index (χ4v) is 2.93. The minimum absolute atomic E-state index is 0.0822. The molecule has 120 valence electrons. The summed E-state index contributed by atoms with van der Waals surface area (Å²) >= 11 is 0. The van der Waals surface area contributed by atoms with E-state index in [1.165, 1.54) is 24.3 Å². The van der Waals surface area contributed by atoms with E-state index in [1.54, 1.807) is 16.6 Å². The summed E-state index contributed by atoms with van der Waals surface area (Å²) in [4.78, 5) is 37.2. The largest absolute Gasteiger partial charge is 0.478 e. The Bertz CT molecular complexity index is 845. The number of carboxylic acids is 1. The van der Waals surface area contributed by atoms with Gasteiger partial charge in [-0.05, 0) is 24.3 Å². The van der Waals surface area contributed by atoms with E-state index in [1.807, 2.05) is 11.7 Å². The van der Waals surface area contributed by atoms with E-state index in [2.05, 4.69) is 0 Å². The van der Waals surface area contributed by atoms with Crippen molar-refractivity contribution < 1.29 is 14.7 Å². The number of hydrogen-bond donors (Lipinski definition) is 1. The first-order valence-electron chi connectivity index (χ1n) is 7.26. The van der Waals surface area contributed by atoms with Gasteiger partial charge in [0, 0.05) is 38.3 Å². The number of aromatic carboxylic acids is 1. The average molecular weight is 315 g/mol. The molecule has 0 aliphatic carbocycles. The zero-order valence-electron chi connectivity index (χ0n) is 12.9. The molecule has 0 unspecified atom stereocenters. The maximum absolute atomic E-state index is 12.6. The van der Waals surface area contributed by atoms with E-state index in [0.29, 0.717) is 24.1 Å². The molecule has 0 spiro atoms. The number of nitrogens with zero attached hydrogens (tertiary/aromatic N) is 3. The molecule has 0 saturated heterocycles. The van der Waals surface area contributed by atoms with E-state index in [4.69, 9.17) is 5.11 Å². The van der Waals surface area contributed by atoms with Gasteiger partial charge in [0.25, 0.3) is 11.5 Å². The van der Waals surface area contributed by atoms with Crippen LogP contribution in [0.3, 0.4) is 0 Å². The number of fused-ring (bicyclic) bond motifs is 1. The van der Waals surface area contributed by atoms with Crippen LogP contribution in [0.2, 0.25) is 0 Å². The van der Waals surface area contributed by atoms with E-state index >= 15 is 0 Å². The molecule has 1 N–H and O–H groups in total. The van der Waals surface area contributed by atoms with E-state index in [0.717, 1.165) is 5.69 Å². The summed E-state index contributed by atoms with van der Waals surface area (Å²) in [5, 5.41) is 8.90. The Kier molecular flexibility index (Phi) is 3.55. The van der Waals surface area contributed by atoms with Crippen LogP contribution in [-0.2, 0) is 27.1 Å². The van der Waals surface area contributed by atoms with Gasteiger partial charge < -0.3 is 10.0 Å². The highest BCUT2D eigenvalue weighted by Gasteiger charge is 2.27. The second-order valence-corrected chi connectivity index (χ2v) is 5.64. The zero-order valence-corrected chi connectivity index (χ0v) is 12.9. The van der Waals surface area contributed by atoms with Crippen molar-refractivity contribution >= 4 is 11.9 Å². The van der Waals surface area contributed by atoms with Crippen molar-refractivity contribution in [1.29, 1.82) is 0 Å². The first kappa shape index (κ1) is 15.1. The quantitative estimate of drug-likeness (QED) is 0.880. The van der Waals surface area contributed by atoms with Gasteiger partial charge in [-0.15, -0.1) is 0 Å². The van der Waals surface area contributed by atoms with E-state index in [-0.39, 0.29) is 23.6 Å². The summed E-state index contributed by atoms with van der Waals surface area (Å²) in [5.41, 5.74) is 2.09. The van der Waals surface area contributed by atoms with Crippen molar-refractivity contribution in [3.8, 4) is 0 Å². The molecule has 7 heteroatoms. The predicted molar refractivity (Wildman–Crippen MR) is 82.5 cm³/mol. The molecule has 0 bridgehead atoms. The van der Waals surface area contributed by atoms with Crippen molar-refractivity contribution in [2.24, 2.45) is 14.1 Å². The molecule has 1 aliphatic rings. The Labute approximate surface area is 132 Å². The van der Waals surface area contributed by atoms with Gasteiger partial charge in [0.15, 0.2) is 0 Å². The lowest BCUT2D eigenvalue weighted by Crippen LogP contribution is -2.37. The molecular weight excluding hydrogens is 298 g/mol. The van der Waals surface area contributed by atoms with Crippen LogP contribution in [0.15, 0.2) is 29.1 Å². The molecule has 0 radical (unpaired) electrons. The van der Waals surface area contributed by atoms with E-state index in [9.17, 15) is 14.4 Å². The summed E-state index contributed by atoms with van der Waals surface area (Å²) in [6.07, 6.45) is 0.626. The minimum Gasteiger partial charge on any atom is -0.478 e. The van der Waals surface area contributed by atoms with Gasteiger partial charge in [-0.1, -0.05) is 0 Å². The monoisotopic (exact) mass is 315 g/mol. The minimum atomic E-state index is -1.03. The van der Waals surface area contributed by atoms with Gasteiger partial charge in [-0.2, -0.15) is 0 Å². The maximum Gasteiger partial charge on any atom is 0.335 e. The van der Waals surface area contributed by atoms with Gasteiger partial charge >= 0.3 is 5.97 Å². The SMILES string of the molecule is Cn1c2c(c(=O)n1C)CN(C(=O)c1ccc(C(=O)O)cc1)CC2. The Morgan fingerprint density at radius 2 is 1.65 bits per heavy atom. The summed E-state index contributed by atoms with van der Waals surface area (Å²) in [7, 11) is 3.54. The van der Waals surface area contributed by atoms with E-state index < -0.39 is 5.97 Å². The molecule has 1 aromatic carbocycles. The van der Waals surface area contributed by atoms with Gasteiger partial charge in [0.2, 0.25) is 0 Å². The Hall–Kier alpha value is -2.83. The Morgan fingerprint density at radius 1 is 1.04 bits per heavy atom. The fraction of sp³-hybridized carbons (Fsp3) is 0.312. The number of carbonyl (C=O) groups is 2. The van der Waals surface area contributed by atoms with Crippen molar-refractivity contribution in [1.82, 2.24) is 14.3 Å². The molecule has 0 saturated carbocycles. The topological polar surface area (TPSA) is 84.5 Å². The van der Waals surface area contributed by atoms with Crippen LogP contribution in [0, 0.1) is 0 Å². The van der Waals surface area contributed by atoms with Crippen LogP contribution in [0.5, 0.6) is 0 Å². The number of amides is 1. The number of carbonyl (C=O) groups excluding carboxylic acids is 1. The van der Waals surface area contributed by atoms with Gasteiger partial charge in [-0.25, -0.2) is 4.79 Å². The standard InChI is InChI=1S/C16H17N3O4/c1-17-13-7-8-19(9-12(13)15(21)18(17)2)14(20)10-3-5-11(6-4-10)16(22)23/h3-6H,7-9H2,1-2H3,(H,22,23). The maximum atomic E-state index is 12.6. The smallest absolute Gasteiger partial charge is 0.335 e. The summed E-state index contributed by atoms with van der Waals surface area (Å²) < 4.78 is 3.36. The normalized spacial score (nSPS) is 13.7. The first-order chi connectivity index (χ1) is 10.9. The van der Waals surface area contributed by atoms with Crippen molar-refractivity contribution in [2.45, 2.75) is 13.0 Å². The van der Waals surface area contributed by atoms with Crippen LogP contribution >= 0.6 is 0 Å². The van der Waals surface area contributed by atoms with Gasteiger partial charge in [-0.3, -0.25) is 19.0 Å². The van der Waals surface area contributed by atoms with Gasteiger partial charge in [0.05, 0.1) is 17.7 Å². The van der Waals surface area contributed by atoms with Crippen LogP contribution in [-0.4, -0.2) is 37.8 Å². The Morgan fingerprint density at radius 3 is 2.26 bits per heavy atom. The lowest BCUT2D eigenvalue weighted by Gasteiger charge is -2.27. The van der Waals surface area contributed by atoms with Crippen molar-refractivity contribution in [3.63, 3.8) is 0 Å². The van der Waals surface area contributed by atoms with Gasteiger partial charge in [0.1, 0.15) is 0 Å². The molecule has 1 aliphatic heterocycles. The Balaban J connectivity index is 1.85. The second-order valence-electron chi connectivity index (χ2n) is 5.64. The molecule has 3 rings (SSSR count). The molecule has 23 heavy (non-hydrogen) atoms. The molecule has 2 heterocycles. The lowest BCUT2D eigenvalue weighted by atomic mass is 10.1. The molecule has 2 aromatic rings. The van der Waals surface area contributed by atoms with Crippen molar-refractivity contribution in [3.05, 3.63) is 57.0 Å². The molecule has 1 aromatic heterocycles. The number of rotatable bonds is 2. The number of aromatic nitrogens is 2. The highest BCUT2D eigenvalue weighted by molar-refractivity contribution is 5.96. The third kappa shape index (κ3) is 2.44. The highest BCUT2D eigenvalue weighted by Crippen LogP contribution is 2.18. The highest BCUT2D eigenvalue weighted by atomic mass is 16.4. The third-order valence-electron chi connectivity index (χ3n) is 4.37. The van der Waals surface area contributed by atoms with Crippen LogP contribution < -0.4 is 5.56 Å². The molecule has 0 atom stereocenters. The zero-order chi connectivity index (χ0) is 16.7. The molecule has 0 fully saturated rings. The van der Waals surface area contributed by atoms with Crippen LogP contribution in [0.4, 0.5) is 0 Å². The summed E-state index contributed by atoms with van der Waals surface area (Å²) in [6.45, 7) is 0.812. The number of hydrogen-bond acceptors (Lipinski definition) is 3. The van der Waals surface area contributed by atoms with Crippen molar-refractivity contribution in [2.75, 3.05) is 6.54 Å². The number of benzene rings is 1. The summed E-state index contributed by atoms with van der Waals surface area (Å²) in [5.74, 6) is -1.22. The van der Waals surface area contributed by atoms with Crippen LogP contribution in [0.1, 0.15) is 32.0 Å². The molecule has 1 amide bonds. The molecular formula is C16H17N3O4. The number of carboxylic acid groups (broad SMARTS) is 1. The first-order valence-corrected chi connectivity index (χ1v) is 7.26. The summed E-state index contributed by atoms with van der Waals surface area (Å²) in [6, 6.07) is 5.83. The fourth-order valence-electron chi connectivity index (χ4n) is 2.93. The van der Waals surface area contributed by atoms with Crippen LogP contribution in [0.25, 0.3) is 0 Å². The predicted octanol–water partition coefficient (Wildman–Crippen LogP) is 0.620.